The molecule has 1 unspecified atom stereocenters. The standard InChI is InChI=1S/C8H7NO5/c10-7(8(11)12)5-2-1-3-6(4-5)9(13)14/h1-4,7,10H,(H,11,12). The van der Waals surface area contributed by atoms with Crippen molar-refractivity contribution in [1.82, 2.24) is 0 Å². The maximum absolute atomic E-state index is 10.4. The van der Waals surface area contributed by atoms with Crippen LogP contribution in [0.25, 0.3) is 0 Å². The quantitative estimate of drug-likeness (QED) is 0.549. The number of carboxylic acid groups (broad SMARTS) is 1. The average molecular weight is 197 g/mol. The van der Waals surface area contributed by atoms with Crippen LogP contribution in [-0.4, -0.2) is 21.1 Å². The number of hydrogen-bond donors (Lipinski definition) is 2. The molecule has 6 nitrogen and oxygen atoms in total. The van der Waals surface area contributed by atoms with Gasteiger partial charge in [-0.1, -0.05) is 12.1 Å². The molecule has 14 heavy (non-hydrogen) atoms. The molecular formula is C8H7NO5. The minimum atomic E-state index is -1.73. The van der Waals surface area contributed by atoms with E-state index >= 15 is 0 Å². The third kappa shape index (κ3) is 2.05. The fourth-order valence-corrected chi connectivity index (χ4v) is 0.951. The number of hydrogen-bond acceptors (Lipinski definition) is 4. The highest BCUT2D eigenvalue weighted by atomic mass is 16.6. The first-order chi connectivity index (χ1) is 6.52. The maximum Gasteiger partial charge on any atom is 0.337 e. The monoisotopic (exact) mass is 197 g/mol. The number of carbonyl (C=O) groups is 1. The lowest BCUT2D eigenvalue weighted by molar-refractivity contribution is -0.385. The van der Waals surface area contributed by atoms with Crippen LogP contribution in [0, 0.1) is 10.1 Å². The van der Waals surface area contributed by atoms with Gasteiger partial charge in [0.05, 0.1) is 4.92 Å². The summed E-state index contributed by atoms with van der Waals surface area (Å²) >= 11 is 0. The summed E-state index contributed by atoms with van der Waals surface area (Å²) in [6, 6.07) is 4.88. The van der Waals surface area contributed by atoms with Gasteiger partial charge in [0, 0.05) is 12.1 Å². The van der Waals surface area contributed by atoms with Crippen molar-refractivity contribution in [2.75, 3.05) is 0 Å². The molecule has 1 aromatic carbocycles. The highest BCUT2D eigenvalue weighted by Crippen LogP contribution is 2.18. The van der Waals surface area contributed by atoms with Gasteiger partial charge in [-0.05, 0) is 5.56 Å². The van der Waals surface area contributed by atoms with Crippen molar-refractivity contribution in [3.05, 3.63) is 39.9 Å². The molecule has 6 heteroatoms. The molecule has 0 amide bonds. The smallest absolute Gasteiger partial charge is 0.337 e. The minimum absolute atomic E-state index is 0.00769. The summed E-state index contributed by atoms with van der Waals surface area (Å²) in [6.07, 6.45) is -1.73. The normalized spacial score (nSPS) is 12.1. The highest BCUT2D eigenvalue weighted by Gasteiger charge is 2.18. The number of nitro benzene ring substituents is 1. The zero-order chi connectivity index (χ0) is 10.7. The molecular weight excluding hydrogens is 190 g/mol. The van der Waals surface area contributed by atoms with Gasteiger partial charge in [0.25, 0.3) is 5.69 Å². The summed E-state index contributed by atoms with van der Waals surface area (Å²) in [7, 11) is 0. The lowest BCUT2D eigenvalue weighted by Crippen LogP contribution is -2.10. The van der Waals surface area contributed by atoms with E-state index < -0.39 is 17.0 Å². The second kappa shape index (κ2) is 3.84. The molecule has 0 saturated carbocycles. The number of benzene rings is 1. The Balaban J connectivity index is 3.05. The Bertz CT molecular complexity index is 376. The van der Waals surface area contributed by atoms with E-state index in [9.17, 15) is 14.9 Å². The predicted octanol–water partition coefficient (Wildman–Crippen LogP) is 0.713. The van der Waals surface area contributed by atoms with E-state index in [-0.39, 0.29) is 11.3 Å². The molecule has 2 N–H and O–H groups in total. The van der Waals surface area contributed by atoms with Crippen LogP contribution >= 0.6 is 0 Å². The van der Waals surface area contributed by atoms with Gasteiger partial charge in [-0.2, -0.15) is 0 Å². The van der Waals surface area contributed by atoms with Crippen molar-refractivity contribution in [1.29, 1.82) is 0 Å². The van der Waals surface area contributed by atoms with Crippen LogP contribution in [0.5, 0.6) is 0 Å². The number of non-ortho nitro benzene ring substituents is 1. The van der Waals surface area contributed by atoms with Crippen LogP contribution < -0.4 is 0 Å². The number of aliphatic hydroxyl groups is 1. The molecule has 0 bridgehead atoms. The van der Waals surface area contributed by atoms with E-state index in [0.717, 1.165) is 6.07 Å². The Morgan fingerprint density at radius 3 is 2.64 bits per heavy atom. The molecule has 74 valence electrons. The fourth-order valence-electron chi connectivity index (χ4n) is 0.951. The molecule has 0 saturated heterocycles. The Hall–Kier alpha value is -1.95. The Morgan fingerprint density at radius 2 is 2.14 bits per heavy atom. The van der Waals surface area contributed by atoms with Crippen LogP contribution in [0.2, 0.25) is 0 Å². The largest absolute Gasteiger partial charge is 0.479 e. The van der Waals surface area contributed by atoms with E-state index in [2.05, 4.69) is 0 Å². The number of rotatable bonds is 3. The SMILES string of the molecule is O=C(O)C(O)c1cccc([N+](=O)[O-])c1. The molecule has 0 fully saturated rings. The zero-order valence-corrected chi connectivity index (χ0v) is 6.95. The molecule has 0 aromatic heterocycles. The van der Waals surface area contributed by atoms with E-state index in [1.807, 2.05) is 0 Å². The van der Waals surface area contributed by atoms with Crippen LogP contribution in [0.3, 0.4) is 0 Å². The van der Waals surface area contributed by atoms with Gasteiger partial charge in [-0.3, -0.25) is 10.1 Å². The highest BCUT2D eigenvalue weighted by molar-refractivity contribution is 5.74. The first-order valence-electron chi connectivity index (χ1n) is 3.67. The van der Waals surface area contributed by atoms with Crippen molar-refractivity contribution in [2.24, 2.45) is 0 Å². The topological polar surface area (TPSA) is 101 Å². The third-order valence-corrected chi connectivity index (χ3v) is 1.63. The average Bonchev–Trinajstić information content (AvgIpc) is 2.16. The van der Waals surface area contributed by atoms with Crippen LogP contribution in [0.15, 0.2) is 24.3 Å². The first kappa shape index (κ1) is 10.1. The molecule has 1 aromatic rings. The lowest BCUT2D eigenvalue weighted by atomic mass is 10.1. The van der Waals surface area contributed by atoms with E-state index in [1.54, 1.807) is 0 Å². The number of nitrogens with zero attached hydrogens (tertiary/aromatic N) is 1. The molecule has 0 aliphatic rings. The second-order valence-corrected chi connectivity index (χ2v) is 2.59. The Kier molecular flexibility index (Phi) is 2.78. The van der Waals surface area contributed by atoms with Crippen molar-refractivity contribution < 1.29 is 19.9 Å². The zero-order valence-electron chi connectivity index (χ0n) is 6.95. The van der Waals surface area contributed by atoms with Gasteiger partial charge in [0.15, 0.2) is 6.10 Å². The number of aliphatic hydroxyl groups excluding tert-OH is 1. The van der Waals surface area contributed by atoms with E-state index in [0.29, 0.717) is 0 Å². The number of carboxylic acids is 1. The van der Waals surface area contributed by atoms with Crippen LogP contribution in [0.4, 0.5) is 5.69 Å². The molecule has 0 heterocycles. The lowest BCUT2D eigenvalue weighted by Gasteiger charge is -2.04. The molecule has 0 aliphatic carbocycles. The van der Waals surface area contributed by atoms with Crippen molar-refractivity contribution in [3.63, 3.8) is 0 Å². The molecule has 0 aliphatic heterocycles. The van der Waals surface area contributed by atoms with Crippen molar-refractivity contribution in [3.8, 4) is 0 Å². The summed E-state index contributed by atoms with van der Waals surface area (Å²) in [5, 5.41) is 27.8. The van der Waals surface area contributed by atoms with Crippen LogP contribution in [0.1, 0.15) is 11.7 Å². The summed E-state index contributed by atoms with van der Waals surface area (Å²) in [5.74, 6) is -1.44. The maximum atomic E-state index is 10.4. The molecule has 0 radical (unpaired) electrons. The molecule has 0 spiro atoms. The van der Waals surface area contributed by atoms with Gasteiger partial charge in [-0.15, -0.1) is 0 Å². The summed E-state index contributed by atoms with van der Waals surface area (Å²) in [5.41, 5.74) is -0.255. The van der Waals surface area contributed by atoms with E-state index in [4.69, 9.17) is 10.2 Å². The Morgan fingerprint density at radius 1 is 1.50 bits per heavy atom. The molecule has 1 atom stereocenters. The van der Waals surface area contributed by atoms with Gasteiger partial charge in [0.1, 0.15) is 0 Å². The number of nitro groups is 1. The van der Waals surface area contributed by atoms with Gasteiger partial charge >= 0.3 is 5.97 Å². The second-order valence-electron chi connectivity index (χ2n) is 2.59. The first-order valence-corrected chi connectivity index (χ1v) is 3.67. The summed E-state index contributed by atoms with van der Waals surface area (Å²) in [6.45, 7) is 0. The van der Waals surface area contributed by atoms with Gasteiger partial charge < -0.3 is 10.2 Å². The predicted molar refractivity (Wildman–Crippen MR) is 45.7 cm³/mol. The van der Waals surface area contributed by atoms with Gasteiger partial charge in [0.2, 0.25) is 0 Å². The van der Waals surface area contributed by atoms with Crippen molar-refractivity contribution >= 4 is 11.7 Å². The third-order valence-electron chi connectivity index (χ3n) is 1.63. The molecule has 1 rings (SSSR count). The van der Waals surface area contributed by atoms with Crippen LogP contribution in [-0.2, 0) is 4.79 Å². The Labute approximate surface area is 78.6 Å². The summed E-state index contributed by atoms with van der Waals surface area (Å²) < 4.78 is 0. The van der Waals surface area contributed by atoms with Gasteiger partial charge in [-0.25, -0.2) is 4.79 Å². The fraction of sp³-hybridized carbons (Fsp3) is 0.125. The number of aliphatic carboxylic acids is 1. The minimum Gasteiger partial charge on any atom is -0.479 e. The summed E-state index contributed by atoms with van der Waals surface area (Å²) in [4.78, 5) is 20.0. The van der Waals surface area contributed by atoms with E-state index in [1.165, 1.54) is 18.2 Å². The van der Waals surface area contributed by atoms with Crippen molar-refractivity contribution in [2.45, 2.75) is 6.10 Å².